The molecule has 0 aliphatic rings. The highest BCUT2D eigenvalue weighted by atomic mass is 19.1. The highest BCUT2D eigenvalue weighted by Crippen LogP contribution is 2.30. The van der Waals surface area contributed by atoms with Gasteiger partial charge in [-0.15, -0.1) is 0 Å². The van der Waals surface area contributed by atoms with Crippen LogP contribution in [-0.2, 0) is 4.79 Å². The van der Waals surface area contributed by atoms with E-state index in [0.29, 0.717) is 12.8 Å². The van der Waals surface area contributed by atoms with Crippen molar-refractivity contribution in [3.63, 3.8) is 0 Å². The van der Waals surface area contributed by atoms with Crippen molar-refractivity contribution in [1.82, 2.24) is 0 Å². The van der Waals surface area contributed by atoms with E-state index in [1.807, 2.05) is 13.8 Å². The molecule has 0 aromatic heterocycles. The van der Waals surface area contributed by atoms with Crippen molar-refractivity contribution in [3.8, 4) is 0 Å². The van der Waals surface area contributed by atoms with Gasteiger partial charge in [-0.2, -0.15) is 0 Å². The average molecular weight is 189 g/mol. The third kappa shape index (κ3) is 2.98. The lowest BCUT2D eigenvalue weighted by atomic mass is 9.83. The first kappa shape index (κ1) is 12.4. The van der Waals surface area contributed by atoms with E-state index in [1.165, 1.54) is 0 Å². The lowest BCUT2D eigenvalue weighted by Gasteiger charge is -2.27. The van der Waals surface area contributed by atoms with E-state index in [9.17, 15) is 9.18 Å². The Morgan fingerprint density at radius 2 is 2.00 bits per heavy atom. The minimum Gasteiger partial charge on any atom is -0.367 e. The second kappa shape index (κ2) is 5.20. The molecule has 0 heterocycles. The maximum absolute atomic E-state index is 14.0. The molecule has 78 valence electrons. The largest absolute Gasteiger partial charge is 0.367 e. The highest BCUT2D eigenvalue weighted by Gasteiger charge is 2.40. The van der Waals surface area contributed by atoms with E-state index in [4.69, 9.17) is 5.73 Å². The van der Waals surface area contributed by atoms with Crippen LogP contribution in [0.15, 0.2) is 0 Å². The summed E-state index contributed by atoms with van der Waals surface area (Å²) in [5.41, 5.74) is 3.27. The molecule has 0 aromatic rings. The Hall–Kier alpha value is -0.600. The Bertz CT molecular complexity index is 172. The first-order chi connectivity index (χ1) is 5.99. The summed E-state index contributed by atoms with van der Waals surface area (Å²) >= 11 is 0. The molecule has 3 heteroatoms. The number of hydrogen-bond acceptors (Lipinski definition) is 1. The van der Waals surface area contributed by atoms with Crippen LogP contribution in [0.1, 0.15) is 46.5 Å². The molecule has 0 saturated heterocycles. The van der Waals surface area contributed by atoms with Gasteiger partial charge in [-0.05, 0) is 18.8 Å². The van der Waals surface area contributed by atoms with Crippen LogP contribution < -0.4 is 5.73 Å². The van der Waals surface area contributed by atoms with Gasteiger partial charge in [0.2, 0.25) is 0 Å². The molecule has 0 aliphatic heterocycles. The number of hydrogen-bond donors (Lipinski definition) is 1. The van der Waals surface area contributed by atoms with Crippen LogP contribution in [0, 0.1) is 5.92 Å². The van der Waals surface area contributed by atoms with Crippen molar-refractivity contribution in [1.29, 1.82) is 0 Å². The lowest BCUT2D eigenvalue weighted by Crippen LogP contribution is -2.45. The van der Waals surface area contributed by atoms with Gasteiger partial charge in [0, 0.05) is 0 Å². The molecule has 1 amide bonds. The lowest BCUT2D eigenvalue weighted by molar-refractivity contribution is -0.133. The Kier molecular flexibility index (Phi) is 4.96. The summed E-state index contributed by atoms with van der Waals surface area (Å²) in [6.07, 6.45) is 2.47. The average Bonchev–Trinajstić information content (AvgIpc) is 2.04. The molecule has 0 bridgehead atoms. The van der Waals surface area contributed by atoms with Crippen LogP contribution in [0.25, 0.3) is 0 Å². The van der Waals surface area contributed by atoms with Crippen LogP contribution in [0.3, 0.4) is 0 Å². The van der Waals surface area contributed by atoms with Gasteiger partial charge < -0.3 is 5.73 Å². The normalized spacial score (nSPS) is 17.8. The highest BCUT2D eigenvalue weighted by molar-refractivity contribution is 5.83. The smallest absolute Gasteiger partial charge is 0.255 e. The van der Waals surface area contributed by atoms with Crippen molar-refractivity contribution in [3.05, 3.63) is 0 Å². The van der Waals surface area contributed by atoms with Gasteiger partial charge >= 0.3 is 0 Å². The van der Waals surface area contributed by atoms with Gasteiger partial charge in [0.15, 0.2) is 5.67 Å². The fourth-order valence-corrected chi connectivity index (χ4v) is 1.64. The van der Waals surface area contributed by atoms with E-state index in [-0.39, 0.29) is 12.3 Å². The molecule has 0 saturated carbocycles. The molecule has 2 unspecified atom stereocenters. The fourth-order valence-electron chi connectivity index (χ4n) is 1.64. The van der Waals surface area contributed by atoms with Gasteiger partial charge in [0.1, 0.15) is 0 Å². The maximum Gasteiger partial charge on any atom is 0.255 e. The zero-order valence-corrected chi connectivity index (χ0v) is 8.77. The van der Waals surface area contributed by atoms with E-state index in [1.54, 1.807) is 6.92 Å². The first-order valence-electron chi connectivity index (χ1n) is 4.97. The van der Waals surface area contributed by atoms with E-state index < -0.39 is 11.6 Å². The van der Waals surface area contributed by atoms with Gasteiger partial charge in [-0.3, -0.25) is 4.79 Å². The number of carbonyl (C=O) groups is 1. The number of rotatable bonds is 6. The fraction of sp³-hybridized carbons (Fsp3) is 0.900. The SMILES string of the molecule is CCCC(C)C(F)(CCC)C(N)=O. The van der Waals surface area contributed by atoms with Crippen LogP contribution in [0.5, 0.6) is 0 Å². The van der Waals surface area contributed by atoms with Crippen molar-refractivity contribution >= 4 is 5.91 Å². The van der Waals surface area contributed by atoms with Gasteiger partial charge in [-0.25, -0.2) is 4.39 Å². The number of halogens is 1. The predicted octanol–water partition coefficient (Wildman–Crippen LogP) is 2.42. The topological polar surface area (TPSA) is 43.1 Å². The summed E-state index contributed by atoms with van der Waals surface area (Å²) in [6.45, 7) is 5.59. The molecule has 13 heavy (non-hydrogen) atoms. The van der Waals surface area contributed by atoms with E-state index in [2.05, 4.69) is 0 Å². The van der Waals surface area contributed by atoms with Crippen LogP contribution >= 0.6 is 0 Å². The molecular formula is C10H20FNO. The minimum absolute atomic E-state index is 0.240. The Morgan fingerprint density at radius 3 is 2.31 bits per heavy atom. The summed E-state index contributed by atoms with van der Waals surface area (Å²) in [6, 6.07) is 0. The van der Waals surface area contributed by atoms with Gasteiger partial charge in [0.05, 0.1) is 0 Å². The molecule has 2 atom stereocenters. The monoisotopic (exact) mass is 189 g/mol. The quantitative estimate of drug-likeness (QED) is 0.685. The Morgan fingerprint density at radius 1 is 1.46 bits per heavy atom. The van der Waals surface area contributed by atoms with Crippen molar-refractivity contribution in [2.45, 2.75) is 52.1 Å². The van der Waals surface area contributed by atoms with E-state index >= 15 is 0 Å². The van der Waals surface area contributed by atoms with Crippen LogP contribution in [-0.4, -0.2) is 11.6 Å². The zero-order valence-electron chi connectivity index (χ0n) is 8.77. The summed E-state index contributed by atoms with van der Waals surface area (Å²) < 4.78 is 14.0. The maximum atomic E-state index is 14.0. The first-order valence-corrected chi connectivity index (χ1v) is 4.97. The molecule has 0 fully saturated rings. The number of primary amides is 1. The standard InChI is InChI=1S/C10H20FNO/c1-4-6-8(3)10(11,7-5-2)9(12)13/h8H,4-7H2,1-3H3,(H2,12,13). The zero-order chi connectivity index (χ0) is 10.5. The second-order valence-electron chi connectivity index (χ2n) is 3.67. The van der Waals surface area contributed by atoms with Crippen molar-refractivity contribution < 1.29 is 9.18 Å². The van der Waals surface area contributed by atoms with Crippen LogP contribution in [0.2, 0.25) is 0 Å². The molecule has 0 spiro atoms. The Labute approximate surface area is 79.7 Å². The van der Waals surface area contributed by atoms with Crippen molar-refractivity contribution in [2.24, 2.45) is 11.7 Å². The number of amides is 1. The second-order valence-corrected chi connectivity index (χ2v) is 3.67. The van der Waals surface area contributed by atoms with Crippen LogP contribution in [0.4, 0.5) is 4.39 Å². The number of nitrogens with two attached hydrogens (primary N) is 1. The van der Waals surface area contributed by atoms with E-state index in [0.717, 1.165) is 6.42 Å². The summed E-state index contributed by atoms with van der Waals surface area (Å²) in [5.74, 6) is -1.08. The third-order valence-electron chi connectivity index (χ3n) is 2.53. The predicted molar refractivity (Wildman–Crippen MR) is 52.0 cm³/mol. The molecule has 2 N–H and O–H groups in total. The number of carbonyl (C=O) groups excluding carboxylic acids is 1. The molecule has 0 aliphatic carbocycles. The molecule has 0 radical (unpaired) electrons. The summed E-state index contributed by atoms with van der Waals surface area (Å²) in [5, 5.41) is 0. The summed E-state index contributed by atoms with van der Waals surface area (Å²) in [4.78, 5) is 11.0. The molecular weight excluding hydrogens is 169 g/mol. The molecule has 0 aromatic carbocycles. The van der Waals surface area contributed by atoms with Gasteiger partial charge in [0.25, 0.3) is 5.91 Å². The molecule has 2 nitrogen and oxygen atoms in total. The number of alkyl halides is 1. The van der Waals surface area contributed by atoms with Gasteiger partial charge in [-0.1, -0.05) is 33.6 Å². The van der Waals surface area contributed by atoms with Crippen molar-refractivity contribution in [2.75, 3.05) is 0 Å². The minimum atomic E-state index is -1.80. The Balaban J connectivity index is 4.47. The third-order valence-corrected chi connectivity index (χ3v) is 2.53. The summed E-state index contributed by atoms with van der Waals surface area (Å²) in [7, 11) is 0. The molecule has 0 rings (SSSR count).